The fourth-order valence-corrected chi connectivity index (χ4v) is 3.08. The minimum atomic E-state index is -0.296. The van der Waals surface area contributed by atoms with Gasteiger partial charge in [-0.1, -0.05) is 29.5 Å². The SMILES string of the molecule is N#Cc1cc2c(N)c(C(=O)Nc3ccccc3)sc2[nH+]c1N. The number of thiophene rings is 1. The van der Waals surface area contributed by atoms with Crippen LogP contribution < -0.4 is 21.8 Å². The van der Waals surface area contributed by atoms with Crippen LogP contribution in [0.4, 0.5) is 17.2 Å². The molecule has 0 atom stereocenters. The van der Waals surface area contributed by atoms with Crippen LogP contribution in [-0.4, -0.2) is 5.91 Å². The summed E-state index contributed by atoms with van der Waals surface area (Å²) in [5.41, 5.74) is 13.1. The zero-order valence-corrected chi connectivity index (χ0v) is 12.2. The number of rotatable bonds is 2. The molecule has 0 radical (unpaired) electrons. The molecule has 3 rings (SSSR count). The van der Waals surface area contributed by atoms with Crippen LogP contribution in [0.2, 0.25) is 0 Å². The molecule has 0 aliphatic heterocycles. The van der Waals surface area contributed by atoms with Crippen molar-refractivity contribution in [3.8, 4) is 6.07 Å². The van der Waals surface area contributed by atoms with E-state index < -0.39 is 0 Å². The van der Waals surface area contributed by atoms with Gasteiger partial charge in [0.2, 0.25) is 0 Å². The summed E-state index contributed by atoms with van der Waals surface area (Å²) in [6.07, 6.45) is 0. The number of hydrogen-bond acceptors (Lipinski definition) is 5. The third-order valence-corrected chi connectivity index (χ3v) is 4.30. The Kier molecular flexibility index (Phi) is 3.37. The summed E-state index contributed by atoms with van der Waals surface area (Å²) in [6.45, 7) is 0. The predicted octanol–water partition coefficient (Wildman–Crippen LogP) is 2.00. The first-order chi connectivity index (χ1) is 10.6. The number of nitrogens with one attached hydrogen (secondary N) is 2. The van der Waals surface area contributed by atoms with Crippen LogP contribution in [0.1, 0.15) is 15.2 Å². The summed E-state index contributed by atoms with van der Waals surface area (Å²) in [4.78, 5) is 16.3. The van der Waals surface area contributed by atoms with Gasteiger partial charge in [0.1, 0.15) is 16.5 Å². The van der Waals surface area contributed by atoms with E-state index in [1.807, 2.05) is 24.3 Å². The Morgan fingerprint density at radius 3 is 2.68 bits per heavy atom. The number of anilines is 3. The summed E-state index contributed by atoms with van der Waals surface area (Å²) >= 11 is 1.20. The molecule has 2 aromatic heterocycles. The van der Waals surface area contributed by atoms with Gasteiger partial charge in [0, 0.05) is 5.69 Å². The van der Waals surface area contributed by atoms with Gasteiger partial charge in [-0.3, -0.25) is 10.5 Å². The van der Waals surface area contributed by atoms with Crippen molar-refractivity contribution in [3.05, 3.63) is 46.8 Å². The number of nitrogens with zero attached hydrogens (tertiary/aromatic N) is 1. The van der Waals surface area contributed by atoms with Crippen molar-refractivity contribution in [1.82, 2.24) is 0 Å². The lowest BCUT2D eigenvalue weighted by Gasteiger charge is -2.03. The average molecular weight is 310 g/mol. The molecular formula is C15H12N5OS+. The molecule has 1 aromatic carbocycles. The van der Waals surface area contributed by atoms with Crippen molar-refractivity contribution in [2.75, 3.05) is 16.8 Å². The van der Waals surface area contributed by atoms with Gasteiger partial charge >= 0.3 is 0 Å². The summed E-state index contributed by atoms with van der Waals surface area (Å²) < 4.78 is 0. The third-order valence-electron chi connectivity index (χ3n) is 3.17. The molecule has 2 heterocycles. The Morgan fingerprint density at radius 2 is 2.00 bits per heavy atom. The quantitative estimate of drug-likeness (QED) is 0.670. The van der Waals surface area contributed by atoms with Crippen LogP contribution in [0, 0.1) is 11.3 Å². The molecule has 0 saturated heterocycles. The molecule has 6 nitrogen and oxygen atoms in total. The zero-order valence-electron chi connectivity index (χ0n) is 11.4. The van der Waals surface area contributed by atoms with Gasteiger partial charge in [0.25, 0.3) is 11.7 Å². The van der Waals surface area contributed by atoms with E-state index in [-0.39, 0.29) is 11.7 Å². The first-order valence-corrected chi connectivity index (χ1v) is 7.22. The smallest absolute Gasteiger partial charge is 0.289 e. The number of fused-ring (bicyclic) bond motifs is 1. The molecule has 0 aliphatic carbocycles. The number of para-hydroxylation sites is 1. The molecule has 6 N–H and O–H groups in total. The lowest BCUT2D eigenvalue weighted by Crippen LogP contribution is -2.11. The highest BCUT2D eigenvalue weighted by molar-refractivity contribution is 7.20. The van der Waals surface area contributed by atoms with E-state index in [9.17, 15) is 4.79 Å². The molecule has 22 heavy (non-hydrogen) atoms. The number of carbonyl (C=O) groups is 1. The number of amides is 1. The zero-order chi connectivity index (χ0) is 15.7. The molecule has 0 aliphatic rings. The van der Waals surface area contributed by atoms with E-state index in [0.29, 0.717) is 32.0 Å². The van der Waals surface area contributed by atoms with E-state index in [0.717, 1.165) is 0 Å². The van der Waals surface area contributed by atoms with E-state index >= 15 is 0 Å². The van der Waals surface area contributed by atoms with Crippen molar-refractivity contribution in [2.24, 2.45) is 0 Å². The molecule has 7 heteroatoms. The van der Waals surface area contributed by atoms with E-state index in [1.54, 1.807) is 18.2 Å². The first-order valence-electron chi connectivity index (χ1n) is 6.40. The van der Waals surface area contributed by atoms with Crippen LogP contribution in [0.5, 0.6) is 0 Å². The minimum absolute atomic E-state index is 0.256. The Bertz CT molecular complexity index is 911. The molecular weight excluding hydrogens is 298 g/mol. The Hall–Kier alpha value is -3.11. The summed E-state index contributed by atoms with van der Waals surface area (Å²) in [5, 5.41) is 12.4. The number of hydrogen-bond donors (Lipinski definition) is 3. The molecule has 0 spiro atoms. The van der Waals surface area contributed by atoms with E-state index in [2.05, 4.69) is 10.3 Å². The van der Waals surface area contributed by atoms with Gasteiger partial charge in [-0.05, 0) is 18.2 Å². The fourth-order valence-electron chi connectivity index (χ4n) is 2.08. The topological polar surface area (TPSA) is 119 Å². The summed E-state index contributed by atoms with van der Waals surface area (Å²) in [5.74, 6) is -0.0401. The Labute approximate surface area is 130 Å². The minimum Gasteiger partial charge on any atom is -0.397 e. The van der Waals surface area contributed by atoms with Gasteiger partial charge in [0.05, 0.1) is 11.1 Å². The number of aromatic amines is 1. The number of H-pyrrole nitrogens is 1. The number of nitriles is 1. The fraction of sp³-hybridized carbons (Fsp3) is 0. The average Bonchev–Trinajstić information content (AvgIpc) is 2.83. The van der Waals surface area contributed by atoms with Crippen LogP contribution in [0.15, 0.2) is 36.4 Å². The number of aromatic nitrogens is 1. The summed E-state index contributed by atoms with van der Waals surface area (Å²) in [7, 11) is 0. The Morgan fingerprint density at radius 1 is 1.27 bits per heavy atom. The van der Waals surface area contributed by atoms with Crippen LogP contribution in [0.25, 0.3) is 10.2 Å². The molecule has 0 unspecified atom stereocenters. The largest absolute Gasteiger partial charge is 0.397 e. The van der Waals surface area contributed by atoms with E-state index in [1.165, 1.54) is 11.3 Å². The van der Waals surface area contributed by atoms with Crippen LogP contribution >= 0.6 is 11.3 Å². The molecule has 108 valence electrons. The lowest BCUT2D eigenvalue weighted by atomic mass is 10.2. The predicted molar refractivity (Wildman–Crippen MR) is 86.3 cm³/mol. The molecule has 3 aromatic rings. The standard InChI is InChI=1S/C15H11N5OS/c16-7-8-6-10-11(17)12(22-15(10)20-13(8)18)14(21)19-9-4-2-1-3-5-9/h1-6H,17H2,(H2,18,20)(H,19,21)/p+1. The van der Waals surface area contributed by atoms with Gasteiger partial charge < -0.3 is 11.1 Å². The highest BCUT2D eigenvalue weighted by atomic mass is 32.1. The number of benzene rings is 1. The number of nitrogens with two attached hydrogens (primary N) is 2. The lowest BCUT2D eigenvalue weighted by molar-refractivity contribution is -0.323. The maximum absolute atomic E-state index is 12.4. The second-order valence-electron chi connectivity index (χ2n) is 4.62. The molecule has 1 amide bonds. The van der Waals surface area contributed by atoms with Crippen molar-refractivity contribution in [2.45, 2.75) is 0 Å². The number of nitrogen functional groups attached to an aromatic ring is 2. The van der Waals surface area contributed by atoms with E-state index in [4.69, 9.17) is 16.7 Å². The van der Waals surface area contributed by atoms with Crippen molar-refractivity contribution >= 4 is 44.7 Å². The van der Waals surface area contributed by atoms with Crippen molar-refractivity contribution < 1.29 is 9.78 Å². The second-order valence-corrected chi connectivity index (χ2v) is 5.64. The van der Waals surface area contributed by atoms with Gasteiger partial charge in [0.15, 0.2) is 4.83 Å². The molecule has 0 saturated carbocycles. The normalized spacial score (nSPS) is 10.3. The maximum atomic E-state index is 12.4. The first kappa shape index (κ1) is 13.9. The highest BCUT2D eigenvalue weighted by Gasteiger charge is 2.20. The molecule has 0 fully saturated rings. The number of carbonyl (C=O) groups excluding carboxylic acids is 1. The summed E-state index contributed by atoms with van der Waals surface area (Å²) in [6, 6.07) is 12.7. The van der Waals surface area contributed by atoms with Crippen LogP contribution in [-0.2, 0) is 0 Å². The Balaban J connectivity index is 2.03. The van der Waals surface area contributed by atoms with Gasteiger partial charge in [-0.2, -0.15) is 5.26 Å². The third kappa shape index (κ3) is 2.32. The monoisotopic (exact) mass is 310 g/mol. The molecule has 0 bridgehead atoms. The number of pyridine rings is 1. The van der Waals surface area contributed by atoms with Crippen molar-refractivity contribution in [1.29, 1.82) is 5.26 Å². The highest BCUT2D eigenvalue weighted by Crippen LogP contribution is 2.32. The maximum Gasteiger partial charge on any atom is 0.289 e. The second kappa shape index (κ2) is 5.35. The van der Waals surface area contributed by atoms with Gasteiger partial charge in [-0.15, -0.1) is 0 Å². The van der Waals surface area contributed by atoms with Crippen molar-refractivity contribution in [3.63, 3.8) is 0 Å². The van der Waals surface area contributed by atoms with Crippen LogP contribution in [0.3, 0.4) is 0 Å². The van der Waals surface area contributed by atoms with Gasteiger partial charge in [-0.25, -0.2) is 4.98 Å².